The molecule has 0 saturated heterocycles. The summed E-state index contributed by atoms with van der Waals surface area (Å²) in [6.07, 6.45) is 1.38. The van der Waals surface area contributed by atoms with Gasteiger partial charge in [0.05, 0.1) is 17.9 Å². The van der Waals surface area contributed by atoms with E-state index in [1.165, 1.54) is 6.33 Å². The average Bonchev–Trinajstić information content (AvgIpc) is 2.68. The number of aromatic nitrogens is 2. The van der Waals surface area contributed by atoms with Crippen molar-refractivity contribution in [2.24, 2.45) is 0 Å². The number of hydrogen-bond donors (Lipinski definition) is 3. The molecule has 0 aliphatic rings. The lowest BCUT2D eigenvalue weighted by Gasteiger charge is -2.14. The number of aryl methyl sites for hydroxylation is 1. The summed E-state index contributed by atoms with van der Waals surface area (Å²) in [4.78, 5) is 20.5. The van der Waals surface area contributed by atoms with Crippen LogP contribution in [0, 0.1) is 6.92 Å². The number of anilines is 5. The minimum Gasteiger partial charge on any atom is -0.462 e. The molecule has 0 radical (unpaired) electrons. The summed E-state index contributed by atoms with van der Waals surface area (Å²) in [5.41, 5.74) is 9.19. The van der Waals surface area contributed by atoms with Crippen LogP contribution in [-0.2, 0) is 4.74 Å². The number of carbonyl (C=O) groups excluding carboxylic acids is 1. The first-order valence-corrected chi connectivity index (χ1v) is 9.04. The number of halogens is 1. The quantitative estimate of drug-likeness (QED) is 0.518. The van der Waals surface area contributed by atoms with Crippen molar-refractivity contribution in [3.8, 4) is 0 Å². The van der Waals surface area contributed by atoms with E-state index >= 15 is 0 Å². The lowest BCUT2D eigenvalue weighted by molar-refractivity contribution is 0.0527. The molecular weight excluding hydrogens is 378 g/mol. The Morgan fingerprint density at radius 1 is 1.14 bits per heavy atom. The van der Waals surface area contributed by atoms with Gasteiger partial charge in [-0.3, -0.25) is 0 Å². The molecule has 0 atom stereocenters. The van der Waals surface area contributed by atoms with Crippen LogP contribution < -0.4 is 16.4 Å². The molecule has 0 unspecified atom stereocenters. The van der Waals surface area contributed by atoms with Crippen LogP contribution in [0.4, 0.5) is 28.7 Å². The van der Waals surface area contributed by atoms with Gasteiger partial charge in [0, 0.05) is 10.7 Å². The fourth-order valence-electron chi connectivity index (χ4n) is 2.51. The highest BCUT2D eigenvalue weighted by molar-refractivity contribution is 6.31. The molecule has 3 rings (SSSR count). The molecule has 0 bridgehead atoms. The molecule has 0 aliphatic heterocycles. The Hall–Kier alpha value is -3.32. The second-order valence-corrected chi connectivity index (χ2v) is 6.37. The number of nitrogens with one attached hydrogen (secondary N) is 2. The predicted octanol–water partition coefficient (Wildman–Crippen LogP) is 4.68. The molecule has 28 heavy (non-hydrogen) atoms. The number of ether oxygens (including phenoxy) is 1. The molecule has 0 spiro atoms. The van der Waals surface area contributed by atoms with Crippen LogP contribution in [-0.4, -0.2) is 22.5 Å². The summed E-state index contributed by atoms with van der Waals surface area (Å²) in [6, 6.07) is 12.6. The zero-order chi connectivity index (χ0) is 20.1. The Morgan fingerprint density at radius 3 is 2.57 bits per heavy atom. The third-order valence-electron chi connectivity index (χ3n) is 3.99. The Kier molecular flexibility index (Phi) is 5.96. The van der Waals surface area contributed by atoms with Crippen molar-refractivity contribution in [3.05, 3.63) is 64.9 Å². The Balaban J connectivity index is 1.88. The lowest BCUT2D eigenvalue weighted by Crippen LogP contribution is -2.10. The highest BCUT2D eigenvalue weighted by Crippen LogP contribution is 2.30. The second kappa shape index (κ2) is 8.58. The average molecular weight is 398 g/mol. The predicted molar refractivity (Wildman–Crippen MR) is 112 cm³/mol. The van der Waals surface area contributed by atoms with Crippen molar-refractivity contribution in [2.75, 3.05) is 23.0 Å². The lowest BCUT2D eigenvalue weighted by atomic mass is 10.1. The van der Waals surface area contributed by atoms with E-state index in [1.54, 1.807) is 37.3 Å². The third kappa shape index (κ3) is 4.32. The van der Waals surface area contributed by atoms with Crippen LogP contribution in [0.25, 0.3) is 0 Å². The smallest absolute Gasteiger partial charge is 0.340 e. The van der Waals surface area contributed by atoms with Crippen LogP contribution in [0.1, 0.15) is 22.8 Å². The summed E-state index contributed by atoms with van der Waals surface area (Å²) in [7, 11) is 0. The zero-order valence-electron chi connectivity index (χ0n) is 15.5. The Labute approximate surface area is 167 Å². The Morgan fingerprint density at radius 2 is 1.86 bits per heavy atom. The van der Waals surface area contributed by atoms with Gasteiger partial charge in [0.2, 0.25) is 0 Å². The van der Waals surface area contributed by atoms with Gasteiger partial charge in [-0.15, -0.1) is 0 Å². The van der Waals surface area contributed by atoms with E-state index in [1.807, 2.05) is 19.1 Å². The molecule has 0 amide bonds. The van der Waals surface area contributed by atoms with Gasteiger partial charge in [0.25, 0.3) is 0 Å². The first-order valence-electron chi connectivity index (χ1n) is 8.66. The maximum atomic E-state index is 12.2. The van der Waals surface area contributed by atoms with E-state index in [9.17, 15) is 4.79 Å². The van der Waals surface area contributed by atoms with Gasteiger partial charge < -0.3 is 21.1 Å². The van der Waals surface area contributed by atoms with Gasteiger partial charge in [0.1, 0.15) is 12.0 Å². The van der Waals surface area contributed by atoms with Crippen molar-refractivity contribution < 1.29 is 9.53 Å². The molecule has 144 valence electrons. The first-order chi connectivity index (χ1) is 13.5. The van der Waals surface area contributed by atoms with Gasteiger partial charge >= 0.3 is 5.97 Å². The largest absolute Gasteiger partial charge is 0.462 e. The number of esters is 1. The molecule has 0 aliphatic carbocycles. The number of rotatable bonds is 6. The topological polar surface area (TPSA) is 102 Å². The van der Waals surface area contributed by atoms with Crippen LogP contribution in [0.5, 0.6) is 0 Å². The zero-order valence-corrected chi connectivity index (χ0v) is 16.2. The summed E-state index contributed by atoms with van der Waals surface area (Å²) < 4.78 is 5.09. The monoisotopic (exact) mass is 397 g/mol. The van der Waals surface area contributed by atoms with Gasteiger partial charge in [-0.1, -0.05) is 29.8 Å². The summed E-state index contributed by atoms with van der Waals surface area (Å²) in [5, 5.41) is 6.85. The molecule has 2 aromatic carbocycles. The number of carbonyl (C=O) groups is 1. The summed E-state index contributed by atoms with van der Waals surface area (Å²) in [5.74, 6) is 0.365. The van der Waals surface area contributed by atoms with E-state index in [2.05, 4.69) is 20.6 Å². The van der Waals surface area contributed by atoms with Crippen molar-refractivity contribution in [1.29, 1.82) is 0 Å². The van der Waals surface area contributed by atoms with Crippen molar-refractivity contribution in [1.82, 2.24) is 9.97 Å². The molecule has 0 saturated carbocycles. The number of nitrogen functional groups attached to an aromatic ring is 1. The summed E-state index contributed by atoms with van der Waals surface area (Å²) >= 11 is 6.17. The number of para-hydroxylation sites is 1. The second-order valence-electron chi connectivity index (χ2n) is 5.96. The first kappa shape index (κ1) is 19.4. The number of nitrogens with zero attached hydrogens (tertiary/aromatic N) is 2. The number of benzene rings is 2. The van der Waals surface area contributed by atoms with Crippen molar-refractivity contribution in [2.45, 2.75) is 13.8 Å². The molecule has 0 fully saturated rings. The van der Waals surface area contributed by atoms with Crippen LogP contribution in [0.2, 0.25) is 5.02 Å². The van der Waals surface area contributed by atoms with Gasteiger partial charge in [-0.05, 0) is 43.7 Å². The number of hydrogen-bond acceptors (Lipinski definition) is 7. The Bertz CT molecular complexity index is 1010. The molecule has 8 heteroatoms. The highest BCUT2D eigenvalue weighted by Gasteiger charge is 2.15. The maximum absolute atomic E-state index is 12.2. The van der Waals surface area contributed by atoms with E-state index in [4.69, 9.17) is 22.1 Å². The van der Waals surface area contributed by atoms with E-state index < -0.39 is 5.97 Å². The van der Waals surface area contributed by atoms with Gasteiger partial charge in [-0.2, -0.15) is 0 Å². The van der Waals surface area contributed by atoms with Crippen molar-refractivity contribution in [3.63, 3.8) is 0 Å². The minimum atomic E-state index is -0.425. The molecule has 4 N–H and O–H groups in total. The fourth-order valence-corrected chi connectivity index (χ4v) is 2.69. The van der Waals surface area contributed by atoms with Crippen LogP contribution in [0.15, 0.2) is 48.8 Å². The van der Waals surface area contributed by atoms with Crippen molar-refractivity contribution >= 4 is 46.3 Å². The molecule has 1 aromatic heterocycles. The standard InChI is InChI=1S/C20H20ClN5O2/c1-3-28-20(27)14-6-4-5-7-16(14)26-19-17(22)18(23-11-24-19)25-13-9-8-12(2)15(21)10-13/h4-11H,3,22H2,1-2H3,(H2,23,24,25,26). The minimum absolute atomic E-state index is 0.288. The SMILES string of the molecule is CCOC(=O)c1ccccc1Nc1ncnc(Nc2ccc(C)c(Cl)c2)c1N. The fraction of sp³-hybridized carbons (Fsp3) is 0.150. The van der Waals surface area contributed by atoms with Gasteiger partial charge in [0.15, 0.2) is 11.6 Å². The van der Waals surface area contributed by atoms with Crippen LogP contribution in [0.3, 0.4) is 0 Å². The summed E-state index contributed by atoms with van der Waals surface area (Å²) in [6.45, 7) is 3.97. The molecule has 1 heterocycles. The van der Waals surface area contributed by atoms with E-state index in [0.717, 1.165) is 11.3 Å². The molecule has 7 nitrogen and oxygen atoms in total. The normalized spacial score (nSPS) is 10.4. The van der Waals surface area contributed by atoms with E-state index in [0.29, 0.717) is 33.6 Å². The third-order valence-corrected chi connectivity index (χ3v) is 4.40. The maximum Gasteiger partial charge on any atom is 0.340 e. The van der Waals surface area contributed by atoms with E-state index in [-0.39, 0.29) is 6.61 Å². The molecular formula is C20H20ClN5O2. The van der Waals surface area contributed by atoms with Gasteiger partial charge in [-0.25, -0.2) is 14.8 Å². The van der Waals surface area contributed by atoms with Crippen LogP contribution >= 0.6 is 11.6 Å². The highest BCUT2D eigenvalue weighted by atomic mass is 35.5. The number of nitrogens with two attached hydrogens (primary N) is 1. The molecule has 3 aromatic rings.